The van der Waals surface area contributed by atoms with Gasteiger partial charge in [-0.25, -0.2) is 4.98 Å². The van der Waals surface area contributed by atoms with Gasteiger partial charge in [0.05, 0.1) is 10.4 Å². The number of anilines is 3. The maximum absolute atomic E-state index is 11.5. The molecule has 2 heterocycles. The molecule has 0 saturated carbocycles. The zero-order valence-electron chi connectivity index (χ0n) is 17.3. The van der Waals surface area contributed by atoms with Gasteiger partial charge in [0, 0.05) is 36.6 Å². The lowest BCUT2D eigenvalue weighted by molar-refractivity contribution is 0.482. The zero-order chi connectivity index (χ0) is 22.2. The number of benzene rings is 2. The molecule has 160 valence electrons. The number of aromatic nitrogens is 4. The molecule has 0 bridgehead atoms. The highest BCUT2D eigenvalue weighted by atomic mass is 32.2. The summed E-state index contributed by atoms with van der Waals surface area (Å²) >= 11 is 0. The average molecular weight is 439 g/mol. The van der Waals surface area contributed by atoms with E-state index in [2.05, 4.69) is 31.8 Å². The van der Waals surface area contributed by atoms with E-state index in [1.54, 1.807) is 31.3 Å². The van der Waals surface area contributed by atoms with Gasteiger partial charge in [-0.15, -0.1) is 0 Å². The van der Waals surface area contributed by atoms with Gasteiger partial charge in [-0.3, -0.25) is 9.23 Å². The smallest absolute Gasteiger partial charge is 0.294 e. The lowest BCUT2D eigenvalue weighted by Gasteiger charge is -2.10. The third kappa shape index (κ3) is 4.49. The van der Waals surface area contributed by atoms with E-state index in [-0.39, 0.29) is 4.90 Å². The van der Waals surface area contributed by atoms with Gasteiger partial charge >= 0.3 is 0 Å². The molecule has 0 amide bonds. The molecular weight excluding hydrogens is 416 g/mol. The van der Waals surface area contributed by atoms with Gasteiger partial charge in [0.25, 0.3) is 10.1 Å². The fraction of sp³-hybridized carbons (Fsp3) is 0.190. The summed E-state index contributed by atoms with van der Waals surface area (Å²) in [5, 5.41) is 11.9. The number of hydrogen-bond donors (Lipinski definition) is 3. The molecule has 0 aliphatic carbocycles. The number of rotatable bonds is 6. The monoisotopic (exact) mass is 438 g/mol. The van der Waals surface area contributed by atoms with Crippen LogP contribution in [-0.4, -0.2) is 32.7 Å². The van der Waals surface area contributed by atoms with E-state index in [0.717, 1.165) is 22.2 Å². The van der Waals surface area contributed by atoms with Crippen LogP contribution in [0.3, 0.4) is 0 Å². The summed E-state index contributed by atoms with van der Waals surface area (Å²) in [5.74, 6) is 0.905. The molecule has 0 aliphatic heterocycles. The Morgan fingerprint density at radius 2 is 1.90 bits per heavy atom. The van der Waals surface area contributed by atoms with Crippen LogP contribution < -0.4 is 10.6 Å². The van der Waals surface area contributed by atoms with Crippen LogP contribution in [-0.2, 0) is 23.7 Å². The van der Waals surface area contributed by atoms with Crippen molar-refractivity contribution < 1.29 is 13.0 Å². The summed E-state index contributed by atoms with van der Waals surface area (Å²) in [6, 6.07) is 12.5. The lowest BCUT2D eigenvalue weighted by atomic mass is 10.1. The predicted octanol–water partition coefficient (Wildman–Crippen LogP) is 3.58. The Morgan fingerprint density at radius 1 is 1.10 bits per heavy atom. The molecule has 0 aliphatic rings. The number of nitrogens with one attached hydrogen (secondary N) is 2. The molecule has 0 unspecified atom stereocenters. The van der Waals surface area contributed by atoms with E-state index >= 15 is 0 Å². The third-order valence-electron chi connectivity index (χ3n) is 5.05. The van der Waals surface area contributed by atoms with Crippen molar-refractivity contribution in [2.75, 3.05) is 10.6 Å². The highest BCUT2D eigenvalue weighted by Crippen LogP contribution is 2.23. The first-order chi connectivity index (χ1) is 14.7. The zero-order valence-corrected chi connectivity index (χ0v) is 18.1. The van der Waals surface area contributed by atoms with Crippen LogP contribution in [0.2, 0.25) is 0 Å². The normalized spacial score (nSPS) is 11.6. The fourth-order valence-electron chi connectivity index (χ4n) is 3.28. The van der Waals surface area contributed by atoms with Crippen molar-refractivity contribution in [3.05, 3.63) is 65.5 Å². The quantitative estimate of drug-likeness (QED) is 0.391. The van der Waals surface area contributed by atoms with Crippen molar-refractivity contribution in [1.82, 2.24) is 19.7 Å². The average Bonchev–Trinajstić information content (AvgIpc) is 3.00. The molecule has 0 saturated heterocycles. The topological polar surface area (TPSA) is 122 Å². The Labute approximate surface area is 179 Å². The Bertz CT molecular complexity index is 1380. The van der Waals surface area contributed by atoms with Gasteiger partial charge in [0.1, 0.15) is 5.82 Å². The Hall–Kier alpha value is -3.50. The molecule has 2 aromatic carbocycles. The summed E-state index contributed by atoms with van der Waals surface area (Å²) in [5.41, 5.74) is 4.03. The highest BCUT2D eigenvalue weighted by Gasteiger charge is 2.14. The summed E-state index contributed by atoms with van der Waals surface area (Å²) in [7, 11) is -2.39. The number of hydrogen-bond acceptors (Lipinski definition) is 7. The molecule has 9 nitrogen and oxygen atoms in total. The summed E-state index contributed by atoms with van der Waals surface area (Å²) in [4.78, 5) is 8.42. The SMILES string of the molecule is Cc1ccc(Nc2nccc(NCc3ccc4c(C)n(C)nc4c3)n2)cc1S(=O)(=O)O. The summed E-state index contributed by atoms with van der Waals surface area (Å²) < 4.78 is 34.3. The summed E-state index contributed by atoms with van der Waals surface area (Å²) in [6.45, 7) is 4.20. The minimum absolute atomic E-state index is 0.160. The molecule has 0 spiro atoms. The van der Waals surface area contributed by atoms with Gasteiger partial charge in [-0.05, 0) is 49.2 Å². The predicted molar refractivity (Wildman–Crippen MR) is 119 cm³/mol. The first-order valence-electron chi connectivity index (χ1n) is 9.55. The van der Waals surface area contributed by atoms with Crippen LogP contribution >= 0.6 is 0 Å². The Kier molecular flexibility index (Phi) is 5.34. The van der Waals surface area contributed by atoms with Gasteiger partial charge in [-0.1, -0.05) is 18.2 Å². The van der Waals surface area contributed by atoms with Crippen molar-refractivity contribution in [1.29, 1.82) is 0 Å². The van der Waals surface area contributed by atoms with Gasteiger partial charge in [0.2, 0.25) is 5.95 Å². The second-order valence-electron chi connectivity index (χ2n) is 7.26. The van der Waals surface area contributed by atoms with Crippen LogP contribution in [0.15, 0.2) is 53.6 Å². The Morgan fingerprint density at radius 3 is 2.68 bits per heavy atom. The molecule has 0 atom stereocenters. The number of fused-ring (bicyclic) bond motifs is 1. The molecule has 0 radical (unpaired) electrons. The van der Waals surface area contributed by atoms with E-state index < -0.39 is 10.1 Å². The van der Waals surface area contributed by atoms with Gasteiger partial charge in [-0.2, -0.15) is 18.5 Å². The summed E-state index contributed by atoms with van der Waals surface area (Å²) in [6.07, 6.45) is 1.60. The number of aryl methyl sites for hydroxylation is 3. The molecule has 3 N–H and O–H groups in total. The molecule has 2 aromatic heterocycles. The van der Waals surface area contributed by atoms with Crippen LogP contribution in [0, 0.1) is 13.8 Å². The second-order valence-corrected chi connectivity index (χ2v) is 8.65. The van der Waals surface area contributed by atoms with Crippen molar-refractivity contribution >= 4 is 38.5 Å². The highest BCUT2D eigenvalue weighted by molar-refractivity contribution is 7.85. The van der Waals surface area contributed by atoms with Crippen molar-refractivity contribution in [3.8, 4) is 0 Å². The number of nitrogens with zero attached hydrogens (tertiary/aromatic N) is 4. The second kappa shape index (κ2) is 7.97. The molecule has 0 fully saturated rings. The first-order valence-corrected chi connectivity index (χ1v) is 11.0. The van der Waals surface area contributed by atoms with Crippen molar-refractivity contribution in [2.45, 2.75) is 25.3 Å². The molecule has 31 heavy (non-hydrogen) atoms. The first kappa shape index (κ1) is 20.8. The van der Waals surface area contributed by atoms with E-state index in [1.165, 1.54) is 6.07 Å². The van der Waals surface area contributed by atoms with Gasteiger partial charge < -0.3 is 10.6 Å². The lowest BCUT2D eigenvalue weighted by Crippen LogP contribution is -2.05. The maximum atomic E-state index is 11.5. The van der Waals surface area contributed by atoms with Crippen molar-refractivity contribution in [3.63, 3.8) is 0 Å². The van der Waals surface area contributed by atoms with E-state index in [4.69, 9.17) is 0 Å². The molecule has 4 aromatic rings. The van der Waals surface area contributed by atoms with Crippen LogP contribution in [0.1, 0.15) is 16.8 Å². The molecule has 10 heteroatoms. The van der Waals surface area contributed by atoms with E-state index in [0.29, 0.717) is 29.6 Å². The fourth-order valence-corrected chi connectivity index (χ4v) is 4.03. The standard InChI is InChI=1S/C21H22N6O3S/c1-13-4-6-16(11-19(13)31(28,29)30)24-21-22-9-8-20(25-21)23-12-15-5-7-17-14(2)27(3)26-18(17)10-15/h4-11H,12H2,1-3H3,(H,28,29,30)(H2,22,23,24,25). The molecular formula is C21H22N6O3S. The Balaban J connectivity index is 1.49. The minimum atomic E-state index is -4.31. The maximum Gasteiger partial charge on any atom is 0.294 e. The third-order valence-corrected chi connectivity index (χ3v) is 6.04. The van der Waals surface area contributed by atoms with E-state index in [1.807, 2.05) is 30.8 Å². The van der Waals surface area contributed by atoms with Gasteiger partial charge in [0.15, 0.2) is 0 Å². The largest absolute Gasteiger partial charge is 0.366 e. The molecule has 4 rings (SSSR count). The van der Waals surface area contributed by atoms with E-state index in [9.17, 15) is 13.0 Å². The van der Waals surface area contributed by atoms with Crippen molar-refractivity contribution in [2.24, 2.45) is 7.05 Å². The van der Waals surface area contributed by atoms with Crippen LogP contribution in [0.4, 0.5) is 17.5 Å². The van der Waals surface area contributed by atoms with Crippen LogP contribution in [0.25, 0.3) is 10.9 Å². The van der Waals surface area contributed by atoms with Crippen LogP contribution in [0.5, 0.6) is 0 Å². The minimum Gasteiger partial charge on any atom is -0.366 e.